The zero-order valence-electron chi connectivity index (χ0n) is 10.1. The van der Waals surface area contributed by atoms with Crippen LogP contribution in [-0.4, -0.2) is 34.6 Å². The Morgan fingerprint density at radius 3 is 2.11 bits per heavy atom. The minimum absolute atomic E-state index is 0.129. The lowest BCUT2D eigenvalue weighted by Gasteiger charge is -2.23. The van der Waals surface area contributed by atoms with Gasteiger partial charge < -0.3 is 11.5 Å². The Labute approximate surface area is 104 Å². The summed E-state index contributed by atoms with van der Waals surface area (Å²) in [4.78, 5) is 45.8. The molecule has 4 N–H and O–H groups in total. The van der Waals surface area contributed by atoms with Crippen molar-refractivity contribution in [2.24, 2.45) is 11.5 Å². The number of carbonyl (C=O) groups excluding carboxylic acids is 4. The molecule has 0 aliphatic carbocycles. The van der Waals surface area contributed by atoms with E-state index in [4.69, 9.17) is 11.5 Å². The number of imide groups is 1. The molecule has 7 nitrogen and oxygen atoms in total. The summed E-state index contributed by atoms with van der Waals surface area (Å²) < 4.78 is 0. The number of carbonyl (C=O) groups is 4. The molecule has 18 heavy (non-hydrogen) atoms. The monoisotopic (exact) mass is 255 g/mol. The molecule has 1 aliphatic heterocycles. The van der Waals surface area contributed by atoms with Crippen molar-refractivity contribution < 1.29 is 19.2 Å². The van der Waals surface area contributed by atoms with Crippen molar-refractivity contribution in [2.75, 3.05) is 0 Å². The van der Waals surface area contributed by atoms with E-state index in [2.05, 4.69) is 0 Å². The Bertz CT molecular complexity index is 364. The summed E-state index contributed by atoms with van der Waals surface area (Å²) >= 11 is 0. The molecule has 0 aromatic rings. The molecular weight excluding hydrogens is 238 g/mol. The molecule has 7 heteroatoms. The van der Waals surface area contributed by atoms with Crippen molar-refractivity contribution in [3.63, 3.8) is 0 Å². The molecule has 0 spiro atoms. The Hall–Kier alpha value is -1.92. The van der Waals surface area contributed by atoms with Gasteiger partial charge in [0.2, 0.25) is 23.6 Å². The van der Waals surface area contributed by atoms with Crippen molar-refractivity contribution in [1.82, 2.24) is 4.90 Å². The molecule has 0 radical (unpaired) electrons. The number of amides is 4. The van der Waals surface area contributed by atoms with Crippen LogP contribution in [0.2, 0.25) is 0 Å². The third-order valence-electron chi connectivity index (χ3n) is 2.88. The van der Waals surface area contributed by atoms with Gasteiger partial charge in [-0.3, -0.25) is 24.1 Å². The molecule has 1 atom stereocenters. The van der Waals surface area contributed by atoms with Gasteiger partial charge in [-0.05, 0) is 12.8 Å². The standard InChI is InChI=1S/C11H17N3O4/c12-8(15)4-2-1-3-7(11(13)18)14-9(16)5-6-10(14)17/h7H,1-6H2,(H2,12,15)(H2,13,18). The van der Waals surface area contributed by atoms with Crippen LogP contribution in [0.4, 0.5) is 0 Å². The summed E-state index contributed by atoms with van der Waals surface area (Å²) in [7, 11) is 0. The fourth-order valence-corrected chi connectivity index (χ4v) is 1.98. The van der Waals surface area contributed by atoms with Crippen LogP contribution in [0.1, 0.15) is 38.5 Å². The molecule has 1 saturated heterocycles. The third-order valence-corrected chi connectivity index (χ3v) is 2.88. The lowest BCUT2D eigenvalue weighted by Crippen LogP contribution is -2.47. The highest BCUT2D eigenvalue weighted by Gasteiger charge is 2.37. The normalized spacial score (nSPS) is 17.0. The largest absolute Gasteiger partial charge is 0.370 e. The second kappa shape index (κ2) is 6.13. The van der Waals surface area contributed by atoms with Crippen molar-refractivity contribution >= 4 is 23.6 Å². The molecule has 0 aromatic heterocycles. The predicted octanol–water partition coefficient (Wildman–Crippen LogP) is -0.965. The molecule has 1 heterocycles. The fraction of sp³-hybridized carbons (Fsp3) is 0.636. The van der Waals surface area contributed by atoms with E-state index in [1.165, 1.54) is 0 Å². The van der Waals surface area contributed by atoms with Crippen molar-refractivity contribution in [2.45, 2.75) is 44.6 Å². The van der Waals surface area contributed by atoms with E-state index >= 15 is 0 Å². The summed E-state index contributed by atoms with van der Waals surface area (Å²) in [5, 5.41) is 0. The molecule has 0 aromatic carbocycles. The van der Waals surface area contributed by atoms with Gasteiger partial charge in [-0.2, -0.15) is 0 Å². The van der Waals surface area contributed by atoms with Crippen molar-refractivity contribution in [3.05, 3.63) is 0 Å². The van der Waals surface area contributed by atoms with E-state index in [1.807, 2.05) is 0 Å². The molecule has 1 unspecified atom stereocenters. The van der Waals surface area contributed by atoms with E-state index < -0.39 is 17.9 Å². The van der Waals surface area contributed by atoms with Crippen LogP contribution in [0.25, 0.3) is 0 Å². The summed E-state index contributed by atoms with van der Waals surface area (Å²) in [5.74, 6) is -1.84. The lowest BCUT2D eigenvalue weighted by molar-refractivity contribution is -0.146. The van der Waals surface area contributed by atoms with Gasteiger partial charge in [0.25, 0.3) is 0 Å². The second-order valence-corrected chi connectivity index (χ2v) is 4.29. The van der Waals surface area contributed by atoms with Crippen LogP contribution < -0.4 is 11.5 Å². The summed E-state index contributed by atoms with van der Waals surface area (Å²) in [6.07, 6.45) is 1.77. The van der Waals surface area contributed by atoms with Gasteiger partial charge in [-0.25, -0.2) is 0 Å². The number of hydrogen-bond donors (Lipinski definition) is 2. The Kier molecular flexibility index (Phi) is 4.82. The molecule has 1 rings (SSSR count). The first-order valence-electron chi connectivity index (χ1n) is 5.86. The predicted molar refractivity (Wildman–Crippen MR) is 61.7 cm³/mol. The molecule has 1 fully saturated rings. The SMILES string of the molecule is NC(=O)CCCCC(C(N)=O)N1C(=O)CCC1=O. The van der Waals surface area contributed by atoms with Gasteiger partial charge in [-0.1, -0.05) is 6.42 Å². The van der Waals surface area contributed by atoms with Crippen molar-refractivity contribution in [1.29, 1.82) is 0 Å². The van der Waals surface area contributed by atoms with Crippen LogP contribution in [-0.2, 0) is 19.2 Å². The number of nitrogens with zero attached hydrogens (tertiary/aromatic N) is 1. The maximum atomic E-state index is 11.5. The maximum absolute atomic E-state index is 11.5. The average Bonchev–Trinajstić information content (AvgIpc) is 2.59. The Morgan fingerprint density at radius 1 is 1.11 bits per heavy atom. The molecular formula is C11H17N3O4. The molecule has 0 saturated carbocycles. The van der Waals surface area contributed by atoms with Crippen molar-refractivity contribution in [3.8, 4) is 0 Å². The molecule has 0 bridgehead atoms. The highest BCUT2D eigenvalue weighted by molar-refractivity contribution is 6.05. The maximum Gasteiger partial charge on any atom is 0.240 e. The van der Waals surface area contributed by atoms with E-state index in [9.17, 15) is 19.2 Å². The van der Waals surface area contributed by atoms with Gasteiger partial charge >= 0.3 is 0 Å². The van der Waals surface area contributed by atoms with E-state index in [1.54, 1.807) is 0 Å². The highest BCUT2D eigenvalue weighted by atomic mass is 16.2. The second-order valence-electron chi connectivity index (χ2n) is 4.29. The van der Waals surface area contributed by atoms with E-state index in [0.717, 1.165) is 4.90 Å². The number of nitrogens with two attached hydrogens (primary N) is 2. The van der Waals surface area contributed by atoms with Gasteiger partial charge in [-0.15, -0.1) is 0 Å². The van der Waals surface area contributed by atoms with Crippen LogP contribution in [0.5, 0.6) is 0 Å². The number of hydrogen-bond acceptors (Lipinski definition) is 4. The quantitative estimate of drug-likeness (QED) is 0.449. The van der Waals surface area contributed by atoms with Gasteiger partial charge in [0.1, 0.15) is 6.04 Å². The Balaban J connectivity index is 2.55. The molecule has 100 valence electrons. The summed E-state index contributed by atoms with van der Waals surface area (Å²) in [6.45, 7) is 0. The zero-order chi connectivity index (χ0) is 13.7. The number of primary amides is 2. The summed E-state index contributed by atoms with van der Waals surface area (Å²) in [6, 6.07) is -0.902. The lowest BCUT2D eigenvalue weighted by atomic mass is 10.1. The highest BCUT2D eigenvalue weighted by Crippen LogP contribution is 2.19. The minimum Gasteiger partial charge on any atom is -0.370 e. The average molecular weight is 255 g/mol. The van der Waals surface area contributed by atoms with Gasteiger partial charge in [0.05, 0.1) is 0 Å². The fourth-order valence-electron chi connectivity index (χ4n) is 1.98. The van der Waals surface area contributed by atoms with Gasteiger partial charge in [0, 0.05) is 19.3 Å². The van der Waals surface area contributed by atoms with E-state index in [-0.39, 0.29) is 37.5 Å². The summed E-state index contributed by atoms with van der Waals surface area (Å²) in [5.41, 5.74) is 10.2. The van der Waals surface area contributed by atoms with Crippen LogP contribution in [0.3, 0.4) is 0 Å². The first kappa shape index (κ1) is 14.1. The van der Waals surface area contributed by atoms with Crippen LogP contribution >= 0.6 is 0 Å². The number of rotatable bonds is 7. The van der Waals surface area contributed by atoms with Crippen LogP contribution in [0, 0.1) is 0 Å². The van der Waals surface area contributed by atoms with Crippen LogP contribution in [0.15, 0.2) is 0 Å². The first-order valence-corrected chi connectivity index (χ1v) is 5.86. The minimum atomic E-state index is -0.902. The number of likely N-dealkylation sites (tertiary alicyclic amines) is 1. The third kappa shape index (κ3) is 3.54. The van der Waals surface area contributed by atoms with E-state index in [0.29, 0.717) is 12.8 Å². The smallest absolute Gasteiger partial charge is 0.240 e. The topological polar surface area (TPSA) is 124 Å². The number of unbranched alkanes of at least 4 members (excludes halogenated alkanes) is 1. The molecule has 4 amide bonds. The first-order chi connectivity index (χ1) is 8.43. The Morgan fingerprint density at radius 2 is 1.67 bits per heavy atom. The van der Waals surface area contributed by atoms with Gasteiger partial charge in [0.15, 0.2) is 0 Å². The molecule has 1 aliphatic rings. The zero-order valence-corrected chi connectivity index (χ0v) is 10.1.